The lowest BCUT2D eigenvalue weighted by atomic mass is 10.1. The van der Waals surface area contributed by atoms with Gasteiger partial charge >= 0.3 is 0 Å². The molecule has 0 saturated carbocycles. The van der Waals surface area contributed by atoms with Gasteiger partial charge in [0, 0.05) is 11.1 Å². The lowest BCUT2D eigenvalue weighted by molar-refractivity contribution is 0.0998. The fourth-order valence-corrected chi connectivity index (χ4v) is 2.37. The highest BCUT2D eigenvalue weighted by Crippen LogP contribution is 2.26. The highest BCUT2D eigenvalue weighted by atomic mass is 79.9. The summed E-state index contributed by atoms with van der Waals surface area (Å²) in [6.07, 6.45) is 0. The summed E-state index contributed by atoms with van der Waals surface area (Å²) >= 11 is 3.45. The van der Waals surface area contributed by atoms with Crippen LogP contribution in [0.5, 0.6) is 5.75 Å². The number of primary amides is 1. The van der Waals surface area contributed by atoms with E-state index in [-0.39, 0.29) is 0 Å². The Morgan fingerprint density at radius 1 is 1.26 bits per heavy atom. The van der Waals surface area contributed by atoms with E-state index < -0.39 is 5.91 Å². The van der Waals surface area contributed by atoms with Crippen molar-refractivity contribution in [1.82, 2.24) is 0 Å². The minimum absolute atomic E-state index is 0.306. The van der Waals surface area contributed by atoms with Gasteiger partial charge in [-0.3, -0.25) is 4.79 Å². The van der Waals surface area contributed by atoms with E-state index in [1.807, 2.05) is 37.3 Å². The van der Waals surface area contributed by atoms with E-state index in [1.54, 1.807) is 12.1 Å². The lowest BCUT2D eigenvalue weighted by Crippen LogP contribution is -2.14. The molecule has 0 aliphatic carbocycles. The van der Waals surface area contributed by atoms with Crippen molar-refractivity contribution in [3.05, 3.63) is 63.6 Å². The predicted octanol–water partition coefficient (Wildman–Crippen LogP) is 3.44. The second-order valence-corrected chi connectivity index (χ2v) is 5.10. The Morgan fingerprint density at radius 3 is 2.68 bits per heavy atom. The Bertz CT molecular complexity index is 611. The summed E-state index contributed by atoms with van der Waals surface area (Å²) in [4.78, 5) is 11.3. The Kier molecular flexibility index (Phi) is 4.22. The van der Waals surface area contributed by atoms with Gasteiger partial charge in [0.2, 0.25) is 5.91 Å². The van der Waals surface area contributed by atoms with Gasteiger partial charge in [0.05, 0.1) is 4.47 Å². The van der Waals surface area contributed by atoms with E-state index in [0.29, 0.717) is 12.2 Å². The Labute approximate surface area is 120 Å². The molecule has 0 spiro atoms. The first-order valence-electron chi connectivity index (χ1n) is 5.84. The molecule has 0 bridgehead atoms. The van der Waals surface area contributed by atoms with Gasteiger partial charge in [0.1, 0.15) is 12.4 Å². The van der Waals surface area contributed by atoms with Gasteiger partial charge < -0.3 is 10.5 Å². The van der Waals surface area contributed by atoms with Crippen molar-refractivity contribution in [2.75, 3.05) is 0 Å². The first kappa shape index (κ1) is 13.6. The van der Waals surface area contributed by atoms with Crippen molar-refractivity contribution in [3.63, 3.8) is 0 Å². The zero-order valence-corrected chi connectivity index (χ0v) is 12.1. The maximum absolute atomic E-state index is 11.3. The van der Waals surface area contributed by atoms with E-state index in [4.69, 9.17) is 10.5 Å². The minimum atomic E-state index is -0.442. The quantitative estimate of drug-likeness (QED) is 0.938. The second-order valence-electron chi connectivity index (χ2n) is 4.24. The third-order valence-electron chi connectivity index (χ3n) is 2.75. The van der Waals surface area contributed by atoms with Gasteiger partial charge in [0.25, 0.3) is 0 Å². The standard InChI is InChI=1S/C15H14BrNO2/c1-10-6-7-14(13(16)8-10)19-9-11-4-2-3-5-12(11)15(17)18/h2-8H,9H2,1H3,(H2,17,18). The zero-order chi connectivity index (χ0) is 13.8. The van der Waals surface area contributed by atoms with Crippen molar-refractivity contribution >= 4 is 21.8 Å². The average Bonchev–Trinajstić information content (AvgIpc) is 2.38. The van der Waals surface area contributed by atoms with Gasteiger partial charge in [-0.05, 0) is 46.6 Å². The SMILES string of the molecule is Cc1ccc(OCc2ccccc2C(N)=O)c(Br)c1. The van der Waals surface area contributed by atoms with Crippen LogP contribution in [0.3, 0.4) is 0 Å². The molecule has 0 aliphatic rings. The van der Waals surface area contributed by atoms with E-state index in [9.17, 15) is 4.79 Å². The summed E-state index contributed by atoms with van der Waals surface area (Å²) in [5.74, 6) is 0.298. The molecule has 0 aromatic heterocycles. The summed E-state index contributed by atoms with van der Waals surface area (Å²) < 4.78 is 6.61. The first-order valence-corrected chi connectivity index (χ1v) is 6.64. The Morgan fingerprint density at radius 2 is 2.00 bits per heavy atom. The molecule has 0 atom stereocenters. The van der Waals surface area contributed by atoms with Gasteiger partial charge in [-0.25, -0.2) is 0 Å². The molecule has 1 amide bonds. The summed E-state index contributed by atoms with van der Waals surface area (Å²) in [5.41, 5.74) is 7.75. The molecule has 0 unspecified atom stereocenters. The molecule has 0 heterocycles. The molecule has 0 saturated heterocycles. The van der Waals surface area contributed by atoms with E-state index in [2.05, 4.69) is 15.9 Å². The predicted molar refractivity (Wildman–Crippen MR) is 78.2 cm³/mol. The molecule has 19 heavy (non-hydrogen) atoms. The molecule has 2 aromatic carbocycles. The van der Waals surface area contributed by atoms with Crippen LogP contribution in [0, 0.1) is 6.92 Å². The number of nitrogens with two attached hydrogens (primary N) is 1. The molecule has 0 fully saturated rings. The molecule has 4 heteroatoms. The lowest BCUT2D eigenvalue weighted by Gasteiger charge is -2.11. The number of amides is 1. The van der Waals surface area contributed by atoms with E-state index in [0.717, 1.165) is 21.3 Å². The average molecular weight is 320 g/mol. The third kappa shape index (κ3) is 3.35. The van der Waals surface area contributed by atoms with Crippen LogP contribution < -0.4 is 10.5 Å². The largest absolute Gasteiger partial charge is 0.488 e. The maximum Gasteiger partial charge on any atom is 0.249 e. The van der Waals surface area contributed by atoms with Gasteiger partial charge in [-0.1, -0.05) is 24.3 Å². The van der Waals surface area contributed by atoms with Crippen LogP contribution in [0.2, 0.25) is 0 Å². The summed E-state index contributed by atoms with van der Waals surface area (Å²) in [5, 5.41) is 0. The van der Waals surface area contributed by atoms with Crippen molar-refractivity contribution in [3.8, 4) is 5.75 Å². The maximum atomic E-state index is 11.3. The van der Waals surface area contributed by atoms with Crippen LogP contribution in [-0.4, -0.2) is 5.91 Å². The van der Waals surface area contributed by atoms with Crippen LogP contribution in [-0.2, 0) is 6.61 Å². The molecule has 2 rings (SSSR count). The number of aryl methyl sites for hydroxylation is 1. The molecular weight excluding hydrogens is 306 g/mol. The summed E-state index contributed by atoms with van der Waals surface area (Å²) in [6.45, 7) is 2.32. The fourth-order valence-electron chi connectivity index (χ4n) is 1.76. The van der Waals surface area contributed by atoms with E-state index in [1.165, 1.54) is 0 Å². The van der Waals surface area contributed by atoms with Crippen LogP contribution in [0.1, 0.15) is 21.5 Å². The molecule has 2 aromatic rings. The molecule has 98 valence electrons. The minimum Gasteiger partial charge on any atom is -0.488 e. The van der Waals surface area contributed by atoms with Crippen molar-refractivity contribution < 1.29 is 9.53 Å². The normalized spacial score (nSPS) is 10.2. The zero-order valence-electron chi connectivity index (χ0n) is 10.5. The van der Waals surface area contributed by atoms with Crippen LogP contribution in [0.25, 0.3) is 0 Å². The van der Waals surface area contributed by atoms with Gasteiger partial charge in [-0.2, -0.15) is 0 Å². The number of halogens is 1. The first-order chi connectivity index (χ1) is 9.08. The summed E-state index contributed by atoms with van der Waals surface area (Å²) in [7, 11) is 0. The van der Waals surface area contributed by atoms with Crippen molar-refractivity contribution in [2.45, 2.75) is 13.5 Å². The second kappa shape index (κ2) is 5.89. The van der Waals surface area contributed by atoms with Crippen LogP contribution in [0.15, 0.2) is 46.9 Å². The summed E-state index contributed by atoms with van der Waals surface area (Å²) in [6, 6.07) is 13.0. The Balaban J connectivity index is 2.17. The molecule has 3 nitrogen and oxygen atoms in total. The topological polar surface area (TPSA) is 52.3 Å². The number of benzene rings is 2. The number of rotatable bonds is 4. The fraction of sp³-hybridized carbons (Fsp3) is 0.133. The highest BCUT2D eigenvalue weighted by Gasteiger charge is 2.08. The highest BCUT2D eigenvalue weighted by molar-refractivity contribution is 9.10. The Hall–Kier alpha value is -1.81. The van der Waals surface area contributed by atoms with Crippen LogP contribution >= 0.6 is 15.9 Å². The number of carbonyl (C=O) groups excluding carboxylic acids is 1. The van der Waals surface area contributed by atoms with Crippen molar-refractivity contribution in [1.29, 1.82) is 0 Å². The smallest absolute Gasteiger partial charge is 0.249 e. The monoisotopic (exact) mass is 319 g/mol. The molecule has 2 N–H and O–H groups in total. The molecule has 0 radical (unpaired) electrons. The van der Waals surface area contributed by atoms with Crippen molar-refractivity contribution in [2.24, 2.45) is 5.73 Å². The molecule has 0 aliphatic heterocycles. The number of ether oxygens (including phenoxy) is 1. The number of hydrogen-bond donors (Lipinski definition) is 1. The third-order valence-corrected chi connectivity index (χ3v) is 3.37. The number of hydrogen-bond acceptors (Lipinski definition) is 2. The van der Waals surface area contributed by atoms with Crippen LogP contribution in [0.4, 0.5) is 0 Å². The van der Waals surface area contributed by atoms with E-state index >= 15 is 0 Å². The molecular formula is C15H14BrNO2. The number of carbonyl (C=O) groups is 1. The van der Waals surface area contributed by atoms with Gasteiger partial charge in [-0.15, -0.1) is 0 Å². The van der Waals surface area contributed by atoms with Gasteiger partial charge in [0.15, 0.2) is 0 Å².